The van der Waals surface area contributed by atoms with Crippen molar-refractivity contribution >= 4 is 21.8 Å². The van der Waals surface area contributed by atoms with Gasteiger partial charge in [-0.15, -0.1) is 0 Å². The molecule has 0 aliphatic carbocycles. The van der Waals surface area contributed by atoms with E-state index >= 15 is 0 Å². The Morgan fingerprint density at radius 3 is 2.41 bits per heavy atom. The molecular formula is C33H23FN4O. The van der Waals surface area contributed by atoms with Crippen LogP contribution in [-0.4, -0.2) is 20.2 Å². The van der Waals surface area contributed by atoms with Gasteiger partial charge < -0.3 is 9.72 Å². The molecule has 0 saturated heterocycles. The third kappa shape index (κ3) is 4.42. The Morgan fingerprint density at radius 1 is 0.692 bits per heavy atom. The Bertz CT molecular complexity index is 1920. The summed E-state index contributed by atoms with van der Waals surface area (Å²) in [6.07, 6.45) is 3.58. The molecule has 39 heavy (non-hydrogen) atoms. The van der Waals surface area contributed by atoms with Gasteiger partial charge in [-0.25, -0.2) is 4.39 Å². The fraction of sp³-hybridized carbons (Fsp3) is 0.0303. The Hall–Kier alpha value is -5.23. The van der Waals surface area contributed by atoms with E-state index in [1.807, 2.05) is 66.9 Å². The zero-order chi connectivity index (χ0) is 26.2. The first-order valence-electron chi connectivity index (χ1n) is 12.7. The number of nitrogens with zero attached hydrogens (tertiary/aromatic N) is 2. The number of pyridine rings is 1. The molecule has 0 unspecified atom stereocenters. The van der Waals surface area contributed by atoms with E-state index in [9.17, 15) is 4.39 Å². The smallest absolute Gasteiger partial charge is 0.138 e. The lowest BCUT2D eigenvalue weighted by Gasteiger charge is -2.08. The quantitative estimate of drug-likeness (QED) is 0.237. The Balaban J connectivity index is 1.24. The van der Waals surface area contributed by atoms with E-state index in [1.54, 1.807) is 18.3 Å². The lowest BCUT2D eigenvalue weighted by atomic mass is 10.0. The standard InChI is InChI=1S/C33H23FN4O/c34-25-12-9-22(10-13-25)27-7-4-8-30-28(27)17-32(36-30)33-29-16-23(11-14-31(29)37-38-33)24-15-26(19-35-18-24)39-20-21-5-2-1-3-6-21/h1-19,36H,20H2,(H,37,38). The van der Waals surface area contributed by atoms with Crippen LogP contribution >= 0.6 is 0 Å². The van der Waals surface area contributed by atoms with Gasteiger partial charge >= 0.3 is 0 Å². The molecule has 6 heteroatoms. The minimum atomic E-state index is -0.247. The van der Waals surface area contributed by atoms with Gasteiger partial charge in [0.25, 0.3) is 0 Å². The number of halogens is 1. The predicted octanol–water partition coefficient (Wildman–Crippen LogP) is 8.16. The summed E-state index contributed by atoms with van der Waals surface area (Å²) in [5.74, 6) is 0.468. The van der Waals surface area contributed by atoms with Gasteiger partial charge in [-0.05, 0) is 64.7 Å². The zero-order valence-electron chi connectivity index (χ0n) is 20.9. The summed E-state index contributed by atoms with van der Waals surface area (Å²) in [4.78, 5) is 7.94. The zero-order valence-corrected chi connectivity index (χ0v) is 20.9. The lowest BCUT2D eigenvalue weighted by molar-refractivity contribution is 0.305. The van der Waals surface area contributed by atoms with Crippen molar-refractivity contribution in [1.82, 2.24) is 20.2 Å². The monoisotopic (exact) mass is 510 g/mol. The Kier molecular flexibility index (Phi) is 5.63. The van der Waals surface area contributed by atoms with E-state index in [0.717, 1.165) is 61.0 Å². The van der Waals surface area contributed by atoms with Crippen LogP contribution in [0.25, 0.3) is 55.4 Å². The van der Waals surface area contributed by atoms with Gasteiger partial charge in [0.15, 0.2) is 0 Å². The minimum Gasteiger partial charge on any atom is -0.487 e. The molecule has 188 valence electrons. The summed E-state index contributed by atoms with van der Waals surface area (Å²) in [5, 5.41) is 9.86. The molecule has 3 aromatic heterocycles. The van der Waals surface area contributed by atoms with E-state index in [1.165, 1.54) is 12.1 Å². The highest BCUT2D eigenvalue weighted by Gasteiger charge is 2.15. The van der Waals surface area contributed by atoms with Crippen molar-refractivity contribution in [2.45, 2.75) is 6.61 Å². The summed E-state index contributed by atoms with van der Waals surface area (Å²) in [6.45, 7) is 0.483. The number of hydrogen-bond acceptors (Lipinski definition) is 3. The van der Waals surface area contributed by atoms with Gasteiger partial charge in [-0.3, -0.25) is 10.1 Å². The van der Waals surface area contributed by atoms with E-state index in [0.29, 0.717) is 12.4 Å². The van der Waals surface area contributed by atoms with Crippen LogP contribution in [0.4, 0.5) is 4.39 Å². The third-order valence-corrected chi connectivity index (χ3v) is 6.93. The Morgan fingerprint density at radius 2 is 1.54 bits per heavy atom. The third-order valence-electron chi connectivity index (χ3n) is 6.93. The molecule has 0 aliphatic heterocycles. The van der Waals surface area contributed by atoms with Crippen LogP contribution < -0.4 is 4.74 Å². The highest BCUT2D eigenvalue weighted by atomic mass is 19.1. The minimum absolute atomic E-state index is 0.247. The maximum Gasteiger partial charge on any atom is 0.138 e. The van der Waals surface area contributed by atoms with Crippen molar-refractivity contribution in [3.05, 3.63) is 127 Å². The number of nitrogens with one attached hydrogen (secondary N) is 2. The van der Waals surface area contributed by atoms with Gasteiger partial charge in [-0.1, -0.05) is 60.7 Å². The van der Waals surface area contributed by atoms with Crippen molar-refractivity contribution < 1.29 is 9.13 Å². The summed E-state index contributed by atoms with van der Waals surface area (Å²) in [6, 6.07) is 33.1. The number of fused-ring (bicyclic) bond motifs is 2. The molecule has 4 aromatic carbocycles. The first kappa shape index (κ1) is 22.9. The number of hydrogen-bond donors (Lipinski definition) is 2. The van der Waals surface area contributed by atoms with Crippen LogP contribution in [0.2, 0.25) is 0 Å². The first-order chi connectivity index (χ1) is 19.2. The predicted molar refractivity (Wildman–Crippen MR) is 153 cm³/mol. The molecule has 0 atom stereocenters. The van der Waals surface area contributed by atoms with Crippen LogP contribution in [0, 0.1) is 5.82 Å². The average Bonchev–Trinajstić information content (AvgIpc) is 3.61. The normalized spacial score (nSPS) is 11.3. The second-order valence-electron chi connectivity index (χ2n) is 9.47. The van der Waals surface area contributed by atoms with Crippen molar-refractivity contribution in [2.24, 2.45) is 0 Å². The van der Waals surface area contributed by atoms with E-state index in [2.05, 4.69) is 38.4 Å². The number of H-pyrrole nitrogens is 2. The molecule has 0 bridgehead atoms. The van der Waals surface area contributed by atoms with Crippen LogP contribution in [0.3, 0.4) is 0 Å². The topological polar surface area (TPSA) is 66.6 Å². The summed E-state index contributed by atoms with van der Waals surface area (Å²) >= 11 is 0. The second kappa shape index (κ2) is 9.58. The number of aromatic amines is 2. The van der Waals surface area contributed by atoms with E-state index in [-0.39, 0.29) is 5.82 Å². The molecule has 0 fully saturated rings. The van der Waals surface area contributed by atoms with Crippen LogP contribution in [0.1, 0.15) is 5.56 Å². The maximum atomic E-state index is 13.5. The van der Waals surface area contributed by atoms with Gasteiger partial charge in [-0.2, -0.15) is 5.10 Å². The maximum absolute atomic E-state index is 13.5. The van der Waals surface area contributed by atoms with Crippen LogP contribution in [-0.2, 0) is 6.61 Å². The molecule has 7 aromatic rings. The van der Waals surface area contributed by atoms with Gasteiger partial charge in [0, 0.05) is 28.0 Å². The number of ether oxygens (including phenoxy) is 1. The number of aromatic nitrogens is 4. The molecule has 0 radical (unpaired) electrons. The number of rotatable bonds is 6. The molecule has 0 saturated carbocycles. The van der Waals surface area contributed by atoms with E-state index < -0.39 is 0 Å². The fourth-order valence-corrected chi connectivity index (χ4v) is 4.96. The van der Waals surface area contributed by atoms with Gasteiger partial charge in [0.2, 0.25) is 0 Å². The SMILES string of the molecule is Fc1ccc(-c2cccc3[nH]c(-c4n[nH]c5ccc(-c6cncc(OCc7ccccc7)c6)cc45)cc23)cc1. The summed E-state index contributed by atoms with van der Waals surface area (Å²) < 4.78 is 19.5. The average molecular weight is 511 g/mol. The molecule has 0 amide bonds. The largest absolute Gasteiger partial charge is 0.487 e. The summed E-state index contributed by atoms with van der Waals surface area (Å²) in [5.41, 5.74) is 8.75. The Labute approximate surface area is 223 Å². The van der Waals surface area contributed by atoms with E-state index in [4.69, 9.17) is 4.74 Å². The second-order valence-corrected chi connectivity index (χ2v) is 9.47. The fourth-order valence-electron chi connectivity index (χ4n) is 4.96. The first-order valence-corrected chi connectivity index (χ1v) is 12.7. The lowest BCUT2D eigenvalue weighted by Crippen LogP contribution is -1.95. The van der Waals surface area contributed by atoms with Crippen molar-refractivity contribution in [3.63, 3.8) is 0 Å². The molecule has 5 nitrogen and oxygen atoms in total. The van der Waals surface area contributed by atoms with Crippen molar-refractivity contribution in [1.29, 1.82) is 0 Å². The van der Waals surface area contributed by atoms with Crippen LogP contribution in [0.15, 0.2) is 116 Å². The number of benzene rings is 4. The van der Waals surface area contributed by atoms with Gasteiger partial charge in [0.1, 0.15) is 23.9 Å². The van der Waals surface area contributed by atoms with Crippen molar-refractivity contribution in [2.75, 3.05) is 0 Å². The molecule has 0 spiro atoms. The summed E-state index contributed by atoms with van der Waals surface area (Å²) in [7, 11) is 0. The molecular weight excluding hydrogens is 487 g/mol. The molecule has 3 heterocycles. The highest BCUT2D eigenvalue weighted by molar-refractivity contribution is 6.01. The molecule has 2 N–H and O–H groups in total. The van der Waals surface area contributed by atoms with Crippen LogP contribution in [0.5, 0.6) is 5.75 Å². The molecule has 0 aliphatic rings. The highest BCUT2D eigenvalue weighted by Crippen LogP contribution is 2.35. The van der Waals surface area contributed by atoms with Gasteiger partial charge in [0.05, 0.1) is 17.4 Å². The molecule has 7 rings (SSSR count). The van der Waals surface area contributed by atoms with Crippen molar-refractivity contribution in [3.8, 4) is 39.4 Å².